The van der Waals surface area contributed by atoms with Crippen LogP contribution in [0.15, 0.2) is 6.20 Å². The van der Waals surface area contributed by atoms with Crippen LogP contribution in [0.2, 0.25) is 0 Å². The molecule has 1 saturated carbocycles. The van der Waals surface area contributed by atoms with E-state index in [4.69, 9.17) is 0 Å². The lowest BCUT2D eigenvalue weighted by atomic mass is 10.4. The second kappa shape index (κ2) is 5.87. The molecule has 0 spiro atoms. The molecule has 1 aromatic heterocycles. The zero-order valence-corrected chi connectivity index (χ0v) is 10.8. The SMILES string of the molecule is CNCc1cn(CCN(CC(F)(F)F)C2CC2)nn1. The molecule has 5 nitrogen and oxygen atoms in total. The molecule has 1 aliphatic carbocycles. The molecule has 0 unspecified atom stereocenters. The van der Waals surface area contributed by atoms with E-state index >= 15 is 0 Å². The highest BCUT2D eigenvalue weighted by atomic mass is 19.4. The third-order valence-electron chi connectivity index (χ3n) is 3.01. The van der Waals surface area contributed by atoms with Gasteiger partial charge in [-0.25, -0.2) is 0 Å². The van der Waals surface area contributed by atoms with Crippen molar-refractivity contribution in [2.75, 3.05) is 20.1 Å². The van der Waals surface area contributed by atoms with Crippen molar-refractivity contribution in [3.8, 4) is 0 Å². The van der Waals surface area contributed by atoms with Crippen LogP contribution in [-0.2, 0) is 13.1 Å². The molecule has 19 heavy (non-hydrogen) atoms. The average molecular weight is 277 g/mol. The number of rotatable bonds is 7. The van der Waals surface area contributed by atoms with Gasteiger partial charge in [0.1, 0.15) is 0 Å². The van der Waals surface area contributed by atoms with Crippen molar-refractivity contribution in [2.45, 2.75) is 38.1 Å². The van der Waals surface area contributed by atoms with Gasteiger partial charge in [0.25, 0.3) is 0 Å². The van der Waals surface area contributed by atoms with Gasteiger partial charge in [-0.2, -0.15) is 13.2 Å². The lowest BCUT2D eigenvalue weighted by Crippen LogP contribution is -2.38. The summed E-state index contributed by atoms with van der Waals surface area (Å²) in [5.41, 5.74) is 0.788. The van der Waals surface area contributed by atoms with E-state index < -0.39 is 12.7 Å². The summed E-state index contributed by atoms with van der Waals surface area (Å²) in [6, 6.07) is 0.0851. The highest BCUT2D eigenvalue weighted by Crippen LogP contribution is 2.29. The van der Waals surface area contributed by atoms with Gasteiger partial charge in [-0.05, 0) is 19.9 Å². The van der Waals surface area contributed by atoms with Crippen LogP contribution in [0.1, 0.15) is 18.5 Å². The normalized spacial score (nSPS) is 16.3. The lowest BCUT2D eigenvalue weighted by Gasteiger charge is -2.22. The van der Waals surface area contributed by atoms with Gasteiger partial charge < -0.3 is 5.32 Å². The maximum atomic E-state index is 12.4. The van der Waals surface area contributed by atoms with Crippen LogP contribution in [0, 0.1) is 0 Å². The largest absolute Gasteiger partial charge is 0.401 e. The summed E-state index contributed by atoms with van der Waals surface area (Å²) in [4.78, 5) is 1.49. The smallest absolute Gasteiger partial charge is 0.314 e. The van der Waals surface area contributed by atoms with Crippen molar-refractivity contribution < 1.29 is 13.2 Å². The highest BCUT2D eigenvalue weighted by molar-refractivity contribution is 4.91. The van der Waals surface area contributed by atoms with E-state index in [-0.39, 0.29) is 6.04 Å². The maximum Gasteiger partial charge on any atom is 0.401 e. The summed E-state index contributed by atoms with van der Waals surface area (Å²) in [7, 11) is 1.80. The van der Waals surface area contributed by atoms with Crippen LogP contribution in [0.3, 0.4) is 0 Å². The predicted molar refractivity (Wildman–Crippen MR) is 63.4 cm³/mol. The number of nitrogens with zero attached hydrogens (tertiary/aromatic N) is 4. The fourth-order valence-corrected chi connectivity index (χ4v) is 2.00. The Morgan fingerprint density at radius 1 is 1.47 bits per heavy atom. The van der Waals surface area contributed by atoms with Crippen molar-refractivity contribution in [2.24, 2.45) is 0 Å². The molecule has 0 saturated heterocycles. The van der Waals surface area contributed by atoms with E-state index in [1.54, 1.807) is 17.9 Å². The zero-order valence-electron chi connectivity index (χ0n) is 10.8. The molecule has 0 aromatic carbocycles. The van der Waals surface area contributed by atoms with Crippen molar-refractivity contribution >= 4 is 0 Å². The van der Waals surface area contributed by atoms with E-state index in [1.165, 1.54) is 4.90 Å². The standard InChI is InChI=1S/C11H18F3N5/c1-15-6-9-7-19(17-16-9)5-4-18(10-2-3-10)8-11(12,13)14/h7,10,15H,2-6,8H2,1H3. The third-order valence-corrected chi connectivity index (χ3v) is 3.01. The Hall–Kier alpha value is -1.15. The van der Waals surface area contributed by atoms with Crippen LogP contribution >= 0.6 is 0 Å². The Morgan fingerprint density at radius 2 is 2.21 bits per heavy atom. The summed E-state index contributed by atoms with van der Waals surface area (Å²) in [5, 5.41) is 10.8. The summed E-state index contributed by atoms with van der Waals surface area (Å²) < 4.78 is 38.9. The van der Waals surface area contributed by atoms with Gasteiger partial charge >= 0.3 is 6.18 Å². The molecule has 1 N–H and O–H groups in total. The van der Waals surface area contributed by atoms with Gasteiger partial charge in [-0.3, -0.25) is 9.58 Å². The zero-order chi connectivity index (χ0) is 13.9. The molecule has 1 aliphatic rings. The Morgan fingerprint density at radius 3 is 2.79 bits per heavy atom. The fourth-order valence-electron chi connectivity index (χ4n) is 2.00. The number of hydrogen-bond acceptors (Lipinski definition) is 4. The first kappa shape index (κ1) is 14.3. The van der Waals surface area contributed by atoms with Crippen molar-refractivity contribution in [3.05, 3.63) is 11.9 Å². The predicted octanol–water partition coefficient (Wildman–Crippen LogP) is 1.02. The number of hydrogen-bond donors (Lipinski definition) is 1. The molecular formula is C11H18F3N5. The van der Waals surface area contributed by atoms with E-state index in [2.05, 4.69) is 15.6 Å². The Labute approximate surface area is 109 Å². The molecule has 2 rings (SSSR count). The topological polar surface area (TPSA) is 46.0 Å². The first-order valence-corrected chi connectivity index (χ1v) is 6.32. The number of halogens is 3. The molecule has 108 valence electrons. The van der Waals surface area contributed by atoms with Gasteiger partial charge in [0.15, 0.2) is 0 Å². The first-order chi connectivity index (χ1) is 8.98. The Balaban J connectivity index is 1.84. The Bertz CT molecular complexity index is 399. The average Bonchev–Trinajstić information content (AvgIpc) is 3.06. The molecular weight excluding hydrogens is 259 g/mol. The molecule has 0 aliphatic heterocycles. The van der Waals surface area contributed by atoms with Crippen molar-refractivity contribution in [3.63, 3.8) is 0 Å². The van der Waals surface area contributed by atoms with Crippen LogP contribution < -0.4 is 5.32 Å². The minimum atomic E-state index is -4.14. The summed E-state index contributed by atoms with van der Waals surface area (Å²) in [6.45, 7) is 0.556. The van der Waals surface area contributed by atoms with Crippen LogP contribution in [0.25, 0.3) is 0 Å². The second-order valence-corrected chi connectivity index (χ2v) is 4.82. The maximum absolute atomic E-state index is 12.4. The quantitative estimate of drug-likeness (QED) is 0.808. The van der Waals surface area contributed by atoms with E-state index in [1.807, 2.05) is 0 Å². The van der Waals surface area contributed by atoms with E-state index in [9.17, 15) is 13.2 Å². The summed E-state index contributed by atoms with van der Waals surface area (Å²) in [5.74, 6) is 0. The van der Waals surface area contributed by atoms with Crippen molar-refractivity contribution in [1.29, 1.82) is 0 Å². The van der Waals surface area contributed by atoms with Gasteiger partial charge in [0.2, 0.25) is 0 Å². The lowest BCUT2D eigenvalue weighted by molar-refractivity contribution is -0.147. The van der Waals surface area contributed by atoms with Gasteiger partial charge in [-0.1, -0.05) is 5.21 Å². The molecule has 1 heterocycles. The fraction of sp³-hybridized carbons (Fsp3) is 0.818. The summed E-state index contributed by atoms with van der Waals surface area (Å²) in [6.07, 6.45) is -0.658. The molecule has 1 fully saturated rings. The van der Waals surface area contributed by atoms with E-state index in [0.29, 0.717) is 19.6 Å². The Kier molecular flexibility index (Phi) is 4.41. The molecule has 0 amide bonds. The van der Waals surface area contributed by atoms with Gasteiger partial charge in [0.05, 0.1) is 18.8 Å². The molecule has 0 bridgehead atoms. The van der Waals surface area contributed by atoms with Gasteiger partial charge in [-0.15, -0.1) is 5.10 Å². The summed E-state index contributed by atoms with van der Waals surface area (Å²) >= 11 is 0. The molecule has 0 radical (unpaired) electrons. The first-order valence-electron chi connectivity index (χ1n) is 6.32. The minimum Gasteiger partial charge on any atom is -0.314 e. The van der Waals surface area contributed by atoms with E-state index in [0.717, 1.165) is 18.5 Å². The number of aromatic nitrogens is 3. The number of nitrogens with one attached hydrogen (secondary N) is 1. The molecule has 8 heteroatoms. The number of alkyl halides is 3. The van der Waals surface area contributed by atoms with Crippen LogP contribution in [0.4, 0.5) is 13.2 Å². The third kappa shape index (κ3) is 4.79. The van der Waals surface area contributed by atoms with Crippen LogP contribution in [-0.4, -0.2) is 52.2 Å². The van der Waals surface area contributed by atoms with Crippen molar-refractivity contribution in [1.82, 2.24) is 25.2 Å². The second-order valence-electron chi connectivity index (χ2n) is 4.82. The monoisotopic (exact) mass is 277 g/mol. The van der Waals surface area contributed by atoms with Crippen LogP contribution in [0.5, 0.6) is 0 Å². The minimum absolute atomic E-state index is 0.0851. The molecule has 1 aromatic rings. The van der Waals surface area contributed by atoms with Gasteiger partial charge in [0, 0.05) is 25.3 Å². The highest BCUT2D eigenvalue weighted by Gasteiger charge is 2.37. The molecule has 0 atom stereocenters.